The Morgan fingerprint density at radius 1 is 1.04 bits per heavy atom. The molecule has 0 aliphatic carbocycles. The average Bonchev–Trinajstić information content (AvgIpc) is 3.21. The van der Waals surface area contributed by atoms with Crippen LogP contribution >= 0.6 is 0 Å². The fourth-order valence-electron chi connectivity index (χ4n) is 2.45. The minimum Gasteiger partial charge on any atom is -0.493 e. The Hall–Kier alpha value is -3.55. The number of methoxy groups -OCH3 is 2. The van der Waals surface area contributed by atoms with Crippen LogP contribution < -0.4 is 14.2 Å². The van der Waals surface area contributed by atoms with Gasteiger partial charge in [-0.25, -0.2) is 4.79 Å². The monoisotopic (exact) mass is 384 g/mol. The normalized spacial score (nSPS) is 10.4. The molecule has 28 heavy (non-hydrogen) atoms. The molecule has 0 saturated heterocycles. The summed E-state index contributed by atoms with van der Waals surface area (Å²) in [5.41, 5.74) is 1.19. The van der Waals surface area contributed by atoms with Gasteiger partial charge in [0.15, 0.2) is 18.1 Å². The van der Waals surface area contributed by atoms with Crippen molar-refractivity contribution in [2.24, 2.45) is 0 Å². The maximum Gasteiger partial charge on any atom is 0.338 e. The molecule has 8 heteroatoms. The van der Waals surface area contributed by atoms with Gasteiger partial charge < -0.3 is 23.5 Å². The van der Waals surface area contributed by atoms with Crippen LogP contribution in [0.15, 0.2) is 47.0 Å². The van der Waals surface area contributed by atoms with E-state index in [0.717, 1.165) is 5.56 Å². The van der Waals surface area contributed by atoms with Crippen molar-refractivity contribution in [1.29, 1.82) is 0 Å². The van der Waals surface area contributed by atoms with Crippen LogP contribution in [0.25, 0.3) is 11.4 Å². The van der Waals surface area contributed by atoms with Gasteiger partial charge in [-0.15, -0.1) is 0 Å². The first kappa shape index (κ1) is 19.2. The third-order valence-corrected chi connectivity index (χ3v) is 3.84. The number of nitrogens with zero attached hydrogens (tertiary/aromatic N) is 2. The molecule has 2 aromatic carbocycles. The summed E-state index contributed by atoms with van der Waals surface area (Å²) in [5, 5.41) is 3.96. The Labute approximate surface area is 162 Å². The zero-order valence-electron chi connectivity index (χ0n) is 15.8. The molecule has 0 aliphatic heterocycles. The molecule has 8 nitrogen and oxygen atoms in total. The summed E-state index contributed by atoms with van der Waals surface area (Å²) < 4.78 is 26.3. The SMILES string of the molecule is CCOC(=O)c1ccc(OCc2nc(-c3ccc(OC)c(OC)c3)no2)cc1. The lowest BCUT2D eigenvalue weighted by Gasteiger charge is -2.07. The van der Waals surface area contributed by atoms with Gasteiger partial charge in [-0.3, -0.25) is 0 Å². The van der Waals surface area contributed by atoms with Crippen LogP contribution in [0.2, 0.25) is 0 Å². The lowest BCUT2D eigenvalue weighted by molar-refractivity contribution is 0.0526. The molecule has 3 aromatic rings. The first-order valence-corrected chi connectivity index (χ1v) is 8.59. The summed E-state index contributed by atoms with van der Waals surface area (Å²) >= 11 is 0. The Bertz CT molecular complexity index is 936. The van der Waals surface area contributed by atoms with Gasteiger partial charge in [-0.1, -0.05) is 5.16 Å². The van der Waals surface area contributed by atoms with E-state index < -0.39 is 0 Å². The number of hydrogen-bond acceptors (Lipinski definition) is 8. The topological polar surface area (TPSA) is 92.9 Å². The Morgan fingerprint density at radius 2 is 1.79 bits per heavy atom. The van der Waals surface area contributed by atoms with Crippen molar-refractivity contribution in [1.82, 2.24) is 10.1 Å². The Balaban J connectivity index is 1.64. The lowest BCUT2D eigenvalue weighted by Crippen LogP contribution is -2.04. The van der Waals surface area contributed by atoms with Crippen molar-refractivity contribution in [3.8, 4) is 28.6 Å². The van der Waals surface area contributed by atoms with Crippen LogP contribution in [-0.2, 0) is 11.3 Å². The van der Waals surface area contributed by atoms with Gasteiger partial charge in [-0.05, 0) is 49.4 Å². The Morgan fingerprint density at radius 3 is 2.46 bits per heavy atom. The van der Waals surface area contributed by atoms with E-state index in [0.29, 0.717) is 41.1 Å². The predicted molar refractivity (Wildman–Crippen MR) is 99.6 cm³/mol. The molecule has 0 fully saturated rings. The highest BCUT2D eigenvalue weighted by atomic mass is 16.5. The first-order valence-electron chi connectivity index (χ1n) is 8.59. The van der Waals surface area contributed by atoms with E-state index in [-0.39, 0.29) is 12.6 Å². The van der Waals surface area contributed by atoms with Gasteiger partial charge in [0.05, 0.1) is 26.4 Å². The molecule has 3 rings (SSSR count). The predicted octanol–water partition coefficient (Wildman–Crippen LogP) is 3.51. The van der Waals surface area contributed by atoms with E-state index in [1.54, 1.807) is 57.5 Å². The number of ether oxygens (including phenoxy) is 4. The van der Waals surface area contributed by atoms with Crippen LogP contribution in [0.5, 0.6) is 17.2 Å². The Kier molecular flexibility index (Phi) is 6.11. The first-order chi connectivity index (χ1) is 13.6. The molecule has 0 bridgehead atoms. The van der Waals surface area contributed by atoms with Gasteiger partial charge in [-0.2, -0.15) is 4.98 Å². The molecule has 0 saturated carbocycles. The van der Waals surface area contributed by atoms with Crippen LogP contribution in [0.1, 0.15) is 23.2 Å². The van der Waals surface area contributed by atoms with E-state index in [2.05, 4.69) is 10.1 Å². The second-order valence-electron chi connectivity index (χ2n) is 5.62. The van der Waals surface area contributed by atoms with Crippen molar-refractivity contribution >= 4 is 5.97 Å². The smallest absolute Gasteiger partial charge is 0.338 e. The summed E-state index contributed by atoms with van der Waals surface area (Å²) in [5.74, 6) is 2.12. The second-order valence-corrected chi connectivity index (χ2v) is 5.62. The maximum absolute atomic E-state index is 11.6. The molecular formula is C20H20N2O6. The van der Waals surface area contributed by atoms with Gasteiger partial charge in [0.25, 0.3) is 5.89 Å². The van der Waals surface area contributed by atoms with Crippen LogP contribution in [0.4, 0.5) is 0 Å². The number of carbonyl (C=O) groups excluding carboxylic acids is 1. The molecule has 0 unspecified atom stereocenters. The van der Waals surface area contributed by atoms with Crippen LogP contribution in [-0.4, -0.2) is 36.9 Å². The van der Waals surface area contributed by atoms with Crippen LogP contribution in [0.3, 0.4) is 0 Å². The zero-order chi connectivity index (χ0) is 19.9. The van der Waals surface area contributed by atoms with Gasteiger partial charge in [0.2, 0.25) is 5.82 Å². The minimum absolute atomic E-state index is 0.0963. The highest BCUT2D eigenvalue weighted by Crippen LogP contribution is 2.31. The van der Waals surface area contributed by atoms with E-state index >= 15 is 0 Å². The van der Waals surface area contributed by atoms with E-state index in [9.17, 15) is 4.79 Å². The number of benzene rings is 2. The summed E-state index contributed by atoms with van der Waals surface area (Å²) in [7, 11) is 3.13. The number of rotatable bonds is 8. The van der Waals surface area contributed by atoms with E-state index in [1.165, 1.54) is 0 Å². The molecule has 1 aromatic heterocycles. The molecule has 0 spiro atoms. The third-order valence-electron chi connectivity index (χ3n) is 3.84. The third kappa shape index (κ3) is 4.40. The summed E-state index contributed by atoms with van der Waals surface area (Å²) in [4.78, 5) is 16.0. The summed E-state index contributed by atoms with van der Waals surface area (Å²) in [6.07, 6.45) is 0. The van der Waals surface area contributed by atoms with E-state index in [1.807, 2.05) is 6.07 Å². The molecular weight excluding hydrogens is 364 g/mol. The number of esters is 1. The van der Waals surface area contributed by atoms with Crippen molar-refractivity contribution in [2.75, 3.05) is 20.8 Å². The number of carbonyl (C=O) groups is 1. The molecule has 0 radical (unpaired) electrons. The van der Waals surface area contributed by atoms with Crippen LogP contribution in [0, 0.1) is 0 Å². The lowest BCUT2D eigenvalue weighted by atomic mass is 10.2. The highest BCUT2D eigenvalue weighted by Gasteiger charge is 2.13. The highest BCUT2D eigenvalue weighted by molar-refractivity contribution is 5.89. The maximum atomic E-state index is 11.6. The largest absolute Gasteiger partial charge is 0.493 e. The molecule has 0 amide bonds. The average molecular weight is 384 g/mol. The molecule has 0 aliphatic rings. The quantitative estimate of drug-likeness (QED) is 0.545. The summed E-state index contributed by atoms with van der Waals surface area (Å²) in [6.45, 7) is 2.19. The fraction of sp³-hybridized carbons (Fsp3) is 0.250. The standard InChI is InChI=1S/C20H20N2O6/c1-4-26-20(23)13-5-8-15(9-6-13)27-12-18-21-19(22-28-18)14-7-10-16(24-2)17(11-14)25-3/h5-11H,4,12H2,1-3H3. The fourth-order valence-corrected chi connectivity index (χ4v) is 2.45. The van der Waals surface area contributed by atoms with Crippen molar-refractivity contribution < 1.29 is 28.3 Å². The van der Waals surface area contributed by atoms with Gasteiger partial charge >= 0.3 is 5.97 Å². The number of aromatic nitrogens is 2. The molecule has 0 N–H and O–H groups in total. The minimum atomic E-state index is -0.370. The van der Waals surface area contributed by atoms with Gasteiger partial charge in [0, 0.05) is 5.56 Å². The summed E-state index contributed by atoms with van der Waals surface area (Å²) in [6, 6.07) is 12.0. The molecule has 146 valence electrons. The second kappa shape index (κ2) is 8.90. The molecule has 1 heterocycles. The van der Waals surface area contributed by atoms with Crippen molar-refractivity contribution in [2.45, 2.75) is 13.5 Å². The van der Waals surface area contributed by atoms with Crippen molar-refractivity contribution in [3.63, 3.8) is 0 Å². The molecule has 0 atom stereocenters. The number of hydrogen-bond donors (Lipinski definition) is 0. The van der Waals surface area contributed by atoms with Gasteiger partial charge in [0.1, 0.15) is 5.75 Å². The zero-order valence-corrected chi connectivity index (χ0v) is 15.8. The van der Waals surface area contributed by atoms with Crippen molar-refractivity contribution in [3.05, 3.63) is 53.9 Å². The van der Waals surface area contributed by atoms with E-state index in [4.69, 9.17) is 23.5 Å².